The predicted molar refractivity (Wildman–Crippen MR) is 70.7 cm³/mol. The van der Waals surface area contributed by atoms with Gasteiger partial charge in [0.05, 0.1) is 5.69 Å². The summed E-state index contributed by atoms with van der Waals surface area (Å²) in [4.78, 5) is 0. The van der Waals surface area contributed by atoms with Gasteiger partial charge < -0.3 is 10.5 Å². The van der Waals surface area contributed by atoms with Crippen LogP contribution in [0.5, 0.6) is 11.6 Å². The van der Waals surface area contributed by atoms with Gasteiger partial charge in [0.15, 0.2) is 0 Å². The zero-order valence-corrected chi connectivity index (χ0v) is 10.9. The van der Waals surface area contributed by atoms with Crippen LogP contribution in [-0.4, -0.2) is 10.2 Å². The van der Waals surface area contributed by atoms with Gasteiger partial charge in [-0.1, -0.05) is 12.1 Å². The lowest BCUT2D eigenvalue weighted by molar-refractivity contribution is 0.447. The van der Waals surface area contributed by atoms with Gasteiger partial charge in [0.1, 0.15) is 5.75 Å². The third kappa shape index (κ3) is 2.49. The van der Waals surface area contributed by atoms with Gasteiger partial charge in [0.25, 0.3) is 0 Å². The topological polar surface area (TPSA) is 61.0 Å². The number of nitrogens with zero attached hydrogens (tertiary/aromatic N) is 2. The van der Waals surface area contributed by atoms with E-state index >= 15 is 0 Å². The molecule has 1 aromatic carbocycles. The van der Waals surface area contributed by atoms with Crippen LogP contribution in [-0.2, 0) is 6.54 Å². The zero-order chi connectivity index (χ0) is 13.1. The fourth-order valence-corrected chi connectivity index (χ4v) is 1.70. The third-order valence-corrected chi connectivity index (χ3v) is 2.98. The van der Waals surface area contributed by atoms with Crippen LogP contribution in [0.3, 0.4) is 0 Å². The summed E-state index contributed by atoms with van der Waals surface area (Å²) in [7, 11) is 0. The van der Waals surface area contributed by atoms with E-state index < -0.39 is 0 Å². The summed E-state index contributed by atoms with van der Waals surface area (Å²) >= 11 is 0. The monoisotopic (exact) mass is 243 g/mol. The molecule has 1 heterocycles. The number of aryl methyl sites for hydroxylation is 2. The van der Waals surface area contributed by atoms with Gasteiger partial charge >= 0.3 is 0 Å². The first-order valence-electron chi connectivity index (χ1n) is 5.89. The van der Waals surface area contributed by atoms with Crippen molar-refractivity contribution in [1.29, 1.82) is 0 Å². The van der Waals surface area contributed by atoms with Gasteiger partial charge in [-0.2, -0.15) is 5.10 Å². The summed E-state index contributed by atoms with van der Waals surface area (Å²) < 4.78 is 5.81. The average molecular weight is 243 g/mol. The van der Waals surface area contributed by atoms with Gasteiger partial charge in [-0.25, -0.2) is 0 Å². The first-order chi connectivity index (χ1) is 8.61. The summed E-state index contributed by atoms with van der Waals surface area (Å²) in [5.41, 5.74) is 9.63. The molecule has 2 aromatic rings. The number of aromatic nitrogens is 2. The van der Waals surface area contributed by atoms with E-state index in [-0.39, 0.29) is 0 Å². The van der Waals surface area contributed by atoms with Crippen LogP contribution in [0.25, 0.3) is 0 Å². The number of ether oxygens (including phenoxy) is 1. The van der Waals surface area contributed by atoms with E-state index in [1.54, 1.807) is 6.07 Å². The molecule has 0 aliphatic heterocycles. The average Bonchev–Trinajstić information content (AvgIpc) is 2.40. The Labute approximate surface area is 107 Å². The van der Waals surface area contributed by atoms with Crippen molar-refractivity contribution in [3.05, 3.63) is 46.6 Å². The maximum atomic E-state index is 5.81. The molecule has 1 aromatic heterocycles. The van der Waals surface area contributed by atoms with Crippen molar-refractivity contribution in [3.63, 3.8) is 0 Å². The number of hydrogen-bond acceptors (Lipinski definition) is 4. The molecule has 4 heteroatoms. The molecule has 0 fully saturated rings. The van der Waals surface area contributed by atoms with E-state index in [2.05, 4.69) is 23.2 Å². The lowest BCUT2D eigenvalue weighted by Crippen LogP contribution is -2.02. The first kappa shape index (κ1) is 12.5. The molecule has 0 spiro atoms. The Morgan fingerprint density at radius 2 is 1.72 bits per heavy atom. The van der Waals surface area contributed by atoms with Gasteiger partial charge in [-0.05, 0) is 43.5 Å². The molecule has 0 radical (unpaired) electrons. The van der Waals surface area contributed by atoms with Crippen molar-refractivity contribution in [2.45, 2.75) is 27.3 Å². The molecule has 18 heavy (non-hydrogen) atoms. The smallest absolute Gasteiger partial charge is 0.238 e. The van der Waals surface area contributed by atoms with Crippen molar-refractivity contribution in [2.75, 3.05) is 0 Å². The fraction of sp³-hybridized carbons (Fsp3) is 0.286. The Morgan fingerprint density at radius 3 is 2.33 bits per heavy atom. The van der Waals surface area contributed by atoms with E-state index in [9.17, 15) is 0 Å². The molecule has 0 unspecified atom stereocenters. The normalized spacial score (nSPS) is 10.4. The third-order valence-electron chi connectivity index (χ3n) is 2.98. The highest BCUT2D eigenvalue weighted by Gasteiger charge is 2.08. The quantitative estimate of drug-likeness (QED) is 0.900. The number of benzene rings is 1. The molecule has 94 valence electrons. The standard InChI is InChI=1S/C14H17N3O/c1-9-4-5-10(2)14(11(9)3)18-13-7-6-12(8-15)16-17-13/h4-7H,8,15H2,1-3H3. The Hall–Kier alpha value is -1.94. The summed E-state index contributed by atoms with van der Waals surface area (Å²) in [5, 5.41) is 7.98. The molecule has 0 atom stereocenters. The number of nitrogens with two attached hydrogens (primary N) is 1. The molecule has 0 saturated carbocycles. The van der Waals surface area contributed by atoms with Crippen molar-refractivity contribution >= 4 is 0 Å². The van der Waals surface area contributed by atoms with Gasteiger partial charge in [0.2, 0.25) is 5.88 Å². The second-order valence-electron chi connectivity index (χ2n) is 4.32. The molecule has 2 N–H and O–H groups in total. The molecule has 2 rings (SSSR count). The largest absolute Gasteiger partial charge is 0.437 e. The van der Waals surface area contributed by atoms with Gasteiger partial charge in [-0.15, -0.1) is 5.10 Å². The van der Waals surface area contributed by atoms with Crippen molar-refractivity contribution in [3.8, 4) is 11.6 Å². The second kappa shape index (κ2) is 5.14. The Bertz CT molecular complexity index is 550. The van der Waals surface area contributed by atoms with Crippen LogP contribution in [0.15, 0.2) is 24.3 Å². The van der Waals surface area contributed by atoms with Crippen molar-refractivity contribution in [1.82, 2.24) is 10.2 Å². The van der Waals surface area contributed by atoms with Crippen LogP contribution in [0.1, 0.15) is 22.4 Å². The highest BCUT2D eigenvalue weighted by atomic mass is 16.5. The molecular formula is C14H17N3O. The van der Waals surface area contributed by atoms with Crippen molar-refractivity contribution in [2.24, 2.45) is 5.73 Å². The van der Waals surface area contributed by atoms with Crippen LogP contribution in [0.2, 0.25) is 0 Å². The summed E-state index contributed by atoms with van der Waals surface area (Å²) in [5.74, 6) is 1.34. The van der Waals surface area contributed by atoms with Gasteiger partial charge in [-0.3, -0.25) is 0 Å². The van der Waals surface area contributed by atoms with Gasteiger partial charge in [0, 0.05) is 12.6 Å². The fourth-order valence-electron chi connectivity index (χ4n) is 1.70. The van der Waals surface area contributed by atoms with E-state index in [0.29, 0.717) is 12.4 Å². The minimum absolute atomic E-state index is 0.385. The maximum absolute atomic E-state index is 5.81. The lowest BCUT2D eigenvalue weighted by Gasteiger charge is -2.12. The predicted octanol–water partition coefficient (Wildman–Crippen LogP) is 2.65. The Kier molecular flexibility index (Phi) is 3.58. The summed E-state index contributed by atoms with van der Waals surface area (Å²) in [6.07, 6.45) is 0. The van der Waals surface area contributed by atoms with Crippen molar-refractivity contribution < 1.29 is 4.74 Å². The SMILES string of the molecule is Cc1ccc(C)c(Oc2ccc(CN)nn2)c1C. The Balaban J connectivity index is 2.30. The van der Waals surface area contributed by atoms with E-state index in [0.717, 1.165) is 22.6 Å². The molecule has 0 aliphatic rings. The number of rotatable bonds is 3. The zero-order valence-electron chi connectivity index (χ0n) is 10.9. The van der Waals surface area contributed by atoms with Crippen LogP contribution in [0, 0.1) is 20.8 Å². The first-order valence-corrected chi connectivity index (χ1v) is 5.89. The number of hydrogen-bond donors (Lipinski definition) is 1. The Morgan fingerprint density at radius 1 is 1.00 bits per heavy atom. The van der Waals surface area contributed by atoms with E-state index in [4.69, 9.17) is 10.5 Å². The van der Waals surface area contributed by atoms with E-state index in [1.165, 1.54) is 5.56 Å². The molecule has 0 saturated heterocycles. The highest BCUT2D eigenvalue weighted by molar-refractivity contribution is 5.46. The summed E-state index contributed by atoms with van der Waals surface area (Å²) in [6.45, 7) is 6.50. The minimum atomic E-state index is 0.385. The van der Waals surface area contributed by atoms with Crippen LogP contribution >= 0.6 is 0 Å². The molecule has 0 amide bonds. The highest BCUT2D eigenvalue weighted by Crippen LogP contribution is 2.29. The summed E-state index contributed by atoms with van der Waals surface area (Å²) in [6, 6.07) is 7.74. The maximum Gasteiger partial charge on any atom is 0.238 e. The van der Waals surface area contributed by atoms with E-state index in [1.807, 2.05) is 26.0 Å². The molecular weight excluding hydrogens is 226 g/mol. The van der Waals surface area contributed by atoms with Crippen LogP contribution in [0.4, 0.5) is 0 Å². The molecule has 4 nitrogen and oxygen atoms in total. The minimum Gasteiger partial charge on any atom is -0.437 e. The van der Waals surface area contributed by atoms with Crippen LogP contribution < -0.4 is 10.5 Å². The molecule has 0 bridgehead atoms. The molecule has 0 aliphatic carbocycles. The lowest BCUT2D eigenvalue weighted by atomic mass is 10.1. The second-order valence-corrected chi connectivity index (χ2v) is 4.32.